The van der Waals surface area contributed by atoms with E-state index in [-0.39, 0.29) is 11.7 Å². The van der Waals surface area contributed by atoms with E-state index < -0.39 is 0 Å². The molecule has 1 saturated heterocycles. The highest BCUT2D eigenvalue weighted by atomic mass is 19.1. The van der Waals surface area contributed by atoms with Gasteiger partial charge in [-0.15, -0.1) is 0 Å². The van der Waals surface area contributed by atoms with Gasteiger partial charge in [0.1, 0.15) is 17.3 Å². The van der Waals surface area contributed by atoms with Crippen molar-refractivity contribution in [2.75, 3.05) is 45.3 Å². The van der Waals surface area contributed by atoms with Crippen molar-refractivity contribution in [3.8, 4) is 11.5 Å². The maximum absolute atomic E-state index is 13.0. The molecule has 0 saturated carbocycles. The first-order chi connectivity index (χ1) is 12.1. The molecule has 1 amide bonds. The molecule has 2 aromatic rings. The van der Waals surface area contributed by atoms with Crippen LogP contribution < -0.4 is 14.4 Å². The smallest absolute Gasteiger partial charge is 0.257 e. The van der Waals surface area contributed by atoms with Gasteiger partial charge in [-0.2, -0.15) is 0 Å². The van der Waals surface area contributed by atoms with Crippen molar-refractivity contribution in [1.29, 1.82) is 0 Å². The third-order valence-electron chi connectivity index (χ3n) is 4.40. The van der Waals surface area contributed by atoms with Gasteiger partial charge in [0.05, 0.1) is 19.8 Å². The minimum absolute atomic E-state index is 0.0745. The second kappa shape index (κ2) is 7.42. The molecule has 2 aromatic carbocycles. The highest BCUT2D eigenvalue weighted by molar-refractivity contribution is 5.97. The van der Waals surface area contributed by atoms with E-state index in [4.69, 9.17) is 9.47 Å². The summed E-state index contributed by atoms with van der Waals surface area (Å²) in [5, 5.41) is 0. The molecular formula is C19H21FN2O3. The number of hydrogen-bond donors (Lipinski definition) is 0. The number of nitrogens with zero attached hydrogens (tertiary/aromatic N) is 2. The molecule has 6 heteroatoms. The minimum Gasteiger partial charge on any atom is -0.497 e. The number of amides is 1. The molecule has 0 N–H and O–H groups in total. The van der Waals surface area contributed by atoms with Crippen LogP contribution in [0.25, 0.3) is 0 Å². The lowest BCUT2D eigenvalue weighted by Crippen LogP contribution is -2.48. The second-order valence-electron chi connectivity index (χ2n) is 5.82. The molecule has 1 fully saturated rings. The molecule has 0 spiro atoms. The van der Waals surface area contributed by atoms with Gasteiger partial charge in [-0.1, -0.05) is 0 Å². The number of carbonyl (C=O) groups excluding carboxylic acids is 1. The molecule has 1 aliphatic heterocycles. The van der Waals surface area contributed by atoms with E-state index in [1.165, 1.54) is 12.1 Å². The maximum Gasteiger partial charge on any atom is 0.257 e. The largest absolute Gasteiger partial charge is 0.497 e. The molecule has 0 radical (unpaired) electrons. The first-order valence-electron chi connectivity index (χ1n) is 8.14. The highest BCUT2D eigenvalue weighted by Gasteiger charge is 2.25. The number of piperazine rings is 1. The Labute approximate surface area is 146 Å². The van der Waals surface area contributed by atoms with Gasteiger partial charge in [-0.3, -0.25) is 4.79 Å². The van der Waals surface area contributed by atoms with Gasteiger partial charge in [0.25, 0.3) is 5.91 Å². The quantitative estimate of drug-likeness (QED) is 0.855. The molecule has 1 aliphatic rings. The van der Waals surface area contributed by atoms with Crippen LogP contribution in [0.2, 0.25) is 0 Å². The third kappa shape index (κ3) is 3.68. The molecule has 0 aromatic heterocycles. The van der Waals surface area contributed by atoms with Crippen LogP contribution in [0.4, 0.5) is 10.1 Å². The third-order valence-corrected chi connectivity index (χ3v) is 4.40. The van der Waals surface area contributed by atoms with Crippen molar-refractivity contribution in [1.82, 2.24) is 4.90 Å². The summed E-state index contributed by atoms with van der Waals surface area (Å²) in [6, 6.07) is 11.6. The average Bonchev–Trinajstić information content (AvgIpc) is 2.67. The summed E-state index contributed by atoms with van der Waals surface area (Å²) in [7, 11) is 3.11. The highest BCUT2D eigenvalue weighted by Crippen LogP contribution is 2.26. The number of benzene rings is 2. The van der Waals surface area contributed by atoms with Gasteiger partial charge in [-0.05, 0) is 42.5 Å². The lowest BCUT2D eigenvalue weighted by molar-refractivity contribution is 0.0743. The van der Waals surface area contributed by atoms with Gasteiger partial charge in [0, 0.05) is 31.9 Å². The van der Waals surface area contributed by atoms with Crippen LogP contribution in [0.1, 0.15) is 10.4 Å². The SMILES string of the molecule is COc1ccc(OC)c(C(=O)N2CCN(c3ccc(F)cc3)CC2)c1. The Balaban J connectivity index is 1.70. The first kappa shape index (κ1) is 17.1. The minimum atomic E-state index is -0.248. The standard InChI is InChI=1S/C19H21FN2O3/c1-24-16-7-8-18(25-2)17(13-16)19(23)22-11-9-21(10-12-22)15-5-3-14(20)4-6-15/h3-8,13H,9-12H2,1-2H3. The van der Waals surface area contributed by atoms with Gasteiger partial charge >= 0.3 is 0 Å². The Hall–Kier alpha value is -2.76. The van der Waals surface area contributed by atoms with Crippen LogP contribution in [0.5, 0.6) is 11.5 Å². The number of rotatable bonds is 4. The van der Waals surface area contributed by atoms with E-state index in [0.29, 0.717) is 43.2 Å². The van der Waals surface area contributed by atoms with Crippen molar-refractivity contribution in [2.45, 2.75) is 0 Å². The Morgan fingerprint density at radius 3 is 2.24 bits per heavy atom. The zero-order chi connectivity index (χ0) is 17.8. The fraction of sp³-hybridized carbons (Fsp3) is 0.316. The summed E-state index contributed by atoms with van der Waals surface area (Å²) in [6.45, 7) is 2.58. The molecule has 3 rings (SSSR count). The average molecular weight is 344 g/mol. The van der Waals surface area contributed by atoms with Crippen molar-refractivity contribution < 1.29 is 18.7 Å². The molecule has 0 unspecified atom stereocenters. The van der Waals surface area contributed by atoms with E-state index in [2.05, 4.69) is 4.90 Å². The Morgan fingerprint density at radius 1 is 0.960 bits per heavy atom. The summed E-state index contributed by atoms with van der Waals surface area (Å²) >= 11 is 0. The predicted molar refractivity (Wildman–Crippen MR) is 94.1 cm³/mol. The molecule has 1 heterocycles. The molecule has 0 bridgehead atoms. The molecule has 132 valence electrons. The number of methoxy groups -OCH3 is 2. The fourth-order valence-corrected chi connectivity index (χ4v) is 2.97. The second-order valence-corrected chi connectivity index (χ2v) is 5.82. The fourth-order valence-electron chi connectivity index (χ4n) is 2.97. The van der Waals surface area contributed by atoms with Crippen LogP contribution in [-0.2, 0) is 0 Å². The molecular weight excluding hydrogens is 323 g/mol. The van der Waals surface area contributed by atoms with Crippen LogP contribution in [0.3, 0.4) is 0 Å². The number of anilines is 1. The monoisotopic (exact) mass is 344 g/mol. The Kier molecular flexibility index (Phi) is 5.07. The topological polar surface area (TPSA) is 42.0 Å². The first-order valence-corrected chi connectivity index (χ1v) is 8.14. The van der Waals surface area contributed by atoms with Crippen molar-refractivity contribution in [2.24, 2.45) is 0 Å². The van der Waals surface area contributed by atoms with Crippen LogP contribution >= 0.6 is 0 Å². The van der Waals surface area contributed by atoms with E-state index in [1.54, 1.807) is 49.5 Å². The van der Waals surface area contributed by atoms with E-state index in [0.717, 1.165) is 5.69 Å². The predicted octanol–water partition coefficient (Wildman–Crippen LogP) is 2.81. The maximum atomic E-state index is 13.0. The molecule has 5 nitrogen and oxygen atoms in total. The Bertz CT molecular complexity index is 741. The Morgan fingerprint density at radius 2 is 1.64 bits per heavy atom. The molecule has 0 atom stereocenters. The normalized spacial score (nSPS) is 14.4. The summed E-state index contributed by atoms with van der Waals surface area (Å²) in [6.07, 6.45) is 0. The number of ether oxygens (including phenoxy) is 2. The van der Waals surface area contributed by atoms with Crippen LogP contribution in [-0.4, -0.2) is 51.2 Å². The van der Waals surface area contributed by atoms with E-state index in [9.17, 15) is 9.18 Å². The van der Waals surface area contributed by atoms with Crippen LogP contribution in [0.15, 0.2) is 42.5 Å². The van der Waals surface area contributed by atoms with Gasteiger partial charge in [0.2, 0.25) is 0 Å². The van der Waals surface area contributed by atoms with Gasteiger partial charge in [-0.25, -0.2) is 4.39 Å². The van der Waals surface area contributed by atoms with Gasteiger partial charge < -0.3 is 19.3 Å². The zero-order valence-corrected chi connectivity index (χ0v) is 14.4. The summed E-state index contributed by atoms with van der Waals surface area (Å²) < 4.78 is 23.6. The molecule has 0 aliphatic carbocycles. The zero-order valence-electron chi connectivity index (χ0n) is 14.4. The van der Waals surface area contributed by atoms with Crippen molar-refractivity contribution in [3.63, 3.8) is 0 Å². The van der Waals surface area contributed by atoms with E-state index in [1.807, 2.05) is 0 Å². The summed E-state index contributed by atoms with van der Waals surface area (Å²) in [5.74, 6) is 0.832. The van der Waals surface area contributed by atoms with Crippen molar-refractivity contribution >= 4 is 11.6 Å². The summed E-state index contributed by atoms with van der Waals surface area (Å²) in [4.78, 5) is 16.8. The van der Waals surface area contributed by atoms with Gasteiger partial charge in [0.15, 0.2) is 0 Å². The molecule has 25 heavy (non-hydrogen) atoms. The number of hydrogen-bond acceptors (Lipinski definition) is 4. The van der Waals surface area contributed by atoms with Crippen LogP contribution in [0, 0.1) is 5.82 Å². The number of halogens is 1. The summed E-state index contributed by atoms with van der Waals surface area (Å²) in [5.41, 5.74) is 1.46. The lowest BCUT2D eigenvalue weighted by Gasteiger charge is -2.36. The van der Waals surface area contributed by atoms with Crippen molar-refractivity contribution in [3.05, 3.63) is 53.8 Å². The lowest BCUT2D eigenvalue weighted by atomic mass is 10.1. The number of carbonyl (C=O) groups is 1. The van der Waals surface area contributed by atoms with E-state index >= 15 is 0 Å².